The predicted octanol–water partition coefficient (Wildman–Crippen LogP) is 3.48. The smallest absolute Gasteiger partial charge is 0.243 e. The molecule has 0 spiro atoms. The normalized spacial score (nSPS) is 10.3. The highest BCUT2D eigenvalue weighted by molar-refractivity contribution is 5.74. The van der Waals surface area contributed by atoms with E-state index in [-0.39, 0.29) is 5.91 Å². The molecule has 0 fully saturated rings. The van der Waals surface area contributed by atoms with Crippen LogP contribution in [0.25, 0.3) is 0 Å². The van der Waals surface area contributed by atoms with E-state index in [1.165, 1.54) is 18.4 Å². The number of hydrogen-bond donors (Lipinski definition) is 2. The first-order valence-corrected chi connectivity index (χ1v) is 6.64. The quantitative estimate of drug-likeness (QED) is 0.399. The fraction of sp³-hybridized carbons (Fsp3) is 0.467. The molecule has 18 heavy (non-hydrogen) atoms. The third-order valence-corrected chi connectivity index (χ3v) is 2.91. The Hall–Kier alpha value is -1.35. The van der Waals surface area contributed by atoms with Crippen molar-refractivity contribution >= 4 is 5.91 Å². The summed E-state index contributed by atoms with van der Waals surface area (Å²) in [5.41, 5.74) is 2.94. The molecule has 0 heterocycles. The summed E-state index contributed by atoms with van der Waals surface area (Å²) in [6.45, 7) is 0. The molecule has 0 bridgehead atoms. The van der Waals surface area contributed by atoms with Gasteiger partial charge in [0.05, 0.1) is 0 Å². The fourth-order valence-corrected chi connectivity index (χ4v) is 1.87. The van der Waals surface area contributed by atoms with Gasteiger partial charge in [0.15, 0.2) is 0 Å². The van der Waals surface area contributed by atoms with E-state index in [9.17, 15) is 4.79 Å². The van der Waals surface area contributed by atoms with E-state index < -0.39 is 0 Å². The summed E-state index contributed by atoms with van der Waals surface area (Å²) >= 11 is 0. The van der Waals surface area contributed by atoms with Crippen molar-refractivity contribution in [2.45, 2.75) is 44.9 Å². The first-order valence-electron chi connectivity index (χ1n) is 6.64. The first-order chi connectivity index (χ1) is 8.83. The molecule has 3 heteroatoms. The van der Waals surface area contributed by atoms with Crippen molar-refractivity contribution in [2.75, 3.05) is 0 Å². The average Bonchev–Trinajstić information content (AvgIpc) is 2.42. The average molecular weight is 248 g/mol. The minimum absolute atomic E-state index is 0.285. The number of amides is 1. The molecule has 1 amide bonds. The number of hydroxylamine groups is 1. The van der Waals surface area contributed by atoms with Crippen LogP contribution < -0.4 is 5.48 Å². The molecule has 0 saturated heterocycles. The van der Waals surface area contributed by atoms with Crippen LogP contribution in [0.3, 0.4) is 0 Å². The van der Waals surface area contributed by atoms with Gasteiger partial charge in [0, 0.05) is 6.42 Å². The van der Waals surface area contributed by atoms with Crippen molar-refractivity contribution in [1.82, 2.24) is 5.48 Å². The van der Waals surface area contributed by atoms with Crippen LogP contribution in [0, 0.1) is 6.42 Å². The highest BCUT2D eigenvalue weighted by atomic mass is 16.5. The van der Waals surface area contributed by atoms with E-state index in [0.717, 1.165) is 25.7 Å². The van der Waals surface area contributed by atoms with Gasteiger partial charge in [0.2, 0.25) is 5.91 Å². The Bertz CT molecular complexity index is 325. The zero-order chi connectivity index (χ0) is 13.1. The lowest BCUT2D eigenvalue weighted by Crippen LogP contribution is -2.17. The van der Waals surface area contributed by atoms with Crippen LogP contribution >= 0.6 is 0 Å². The maximum Gasteiger partial charge on any atom is 0.243 e. The van der Waals surface area contributed by atoms with E-state index >= 15 is 0 Å². The van der Waals surface area contributed by atoms with Crippen molar-refractivity contribution in [1.29, 1.82) is 0 Å². The molecule has 0 saturated carbocycles. The van der Waals surface area contributed by atoms with Gasteiger partial charge in [-0.25, -0.2) is 5.48 Å². The summed E-state index contributed by atoms with van der Waals surface area (Å²) in [6.07, 6.45) is 9.26. The van der Waals surface area contributed by atoms with Crippen LogP contribution in [0.1, 0.15) is 50.5 Å². The monoisotopic (exact) mass is 248 g/mol. The van der Waals surface area contributed by atoms with Crippen molar-refractivity contribution in [3.05, 3.63) is 42.3 Å². The van der Waals surface area contributed by atoms with Crippen molar-refractivity contribution < 1.29 is 10.0 Å². The number of unbranched alkanes of at least 4 members (excludes halogenated alkanes) is 5. The summed E-state index contributed by atoms with van der Waals surface area (Å²) < 4.78 is 0. The van der Waals surface area contributed by atoms with Gasteiger partial charge in [0.1, 0.15) is 0 Å². The molecule has 1 radical (unpaired) electrons. The Morgan fingerprint density at radius 2 is 1.72 bits per heavy atom. The van der Waals surface area contributed by atoms with Crippen molar-refractivity contribution in [3.63, 3.8) is 0 Å². The van der Waals surface area contributed by atoms with Crippen molar-refractivity contribution in [2.24, 2.45) is 0 Å². The van der Waals surface area contributed by atoms with Crippen molar-refractivity contribution in [3.8, 4) is 0 Å². The maximum atomic E-state index is 10.7. The summed E-state index contributed by atoms with van der Waals surface area (Å²) in [5.74, 6) is -0.285. The molecule has 0 aliphatic heterocycles. The van der Waals surface area contributed by atoms with Gasteiger partial charge in [-0.15, -0.1) is 0 Å². The molecule has 1 aromatic carbocycles. The van der Waals surface area contributed by atoms with E-state index in [0.29, 0.717) is 6.42 Å². The summed E-state index contributed by atoms with van der Waals surface area (Å²) in [5, 5.41) is 8.31. The predicted molar refractivity (Wildman–Crippen MR) is 72.1 cm³/mol. The second kappa shape index (κ2) is 9.66. The molecule has 0 unspecified atom stereocenters. The lowest BCUT2D eigenvalue weighted by atomic mass is 10.0. The Kier molecular flexibility index (Phi) is 7.89. The lowest BCUT2D eigenvalue weighted by Gasteiger charge is -2.02. The molecule has 1 rings (SSSR count). The van der Waals surface area contributed by atoms with E-state index in [4.69, 9.17) is 5.21 Å². The summed E-state index contributed by atoms with van der Waals surface area (Å²) in [7, 11) is 0. The molecule has 0 aliphatic carbocycles. The molecule has 3 nitrogen and oxygen atoms in total. The molecule has 0 atom stereocenters. The van der Waals surface area contributed by atoms with Crippen LogP contribution in [-0.2, 0) is 4.79 Å². The van der Waals surface area contributed by atoms with Crippen LogP contribution in [0.2, 0.25) is 0 Å². The zero-order valence-corrected chi connectivity index (χ0v) is 10.8. The third-order valence-electron chi connectivity index (χ3n) is 2.91. The Morgan fingerprint density at radius 1 is 1.06 bits per heavy atom. The van der Waals surface area contributed by atoms with Gasteiger partial charge in [-0.2, -0.15) is 0 Å². The minimum atomic E-state index is -0.285. The van der Waals surface area contributed by atoms with Crippen LogP contribution in [0.5, 0.6) is 0 Å². The highest BCUT2D eigenvalue weighted by Crippen LogP contribution is 2.11. The van der Waals surface area contributed by atoms with Crippen LogP contribution in [0.4, 0.5) is 0 Å². The maximum absolute atomic E-state index is 10.7. The van der Waals surface area contributed by atoms with Gasteiger partial charge >= 0.3 is 0 Å². The highest BCUT2D eigenvalue weighted by Gasteiger charge is 1.98. The Morgan fingerprint density at radius 3 is 2.44 bits per heavy atom. The summed E-state index contributed by atoms with van der Waals surface area (Å²) in [4.78, 5) is 10.7. The number of carbonyl (C=O) groups is 1. The standard InChI is InChI=1S/C15H22NO2/c17-15(16-18)13-9-4-2-1-3-6-10-14-11-7-5-8-12-14/h5,7-8,10-12,18H,1-4,6,9,13H2,(H,16,17). The second-order valence-corrected chi connectivity index (χ2v) is 4.46. The topological polar surface area (TPSA) is 49.3 Å². The number of nitrogens with one attached hydrogen (secondary N) is 1. The number of carbonyl (C=O) groups excluding carboxylic acids is 1. The second-order valence-electron chi connectivity index (χ2n) is 4.46. The van der Waals surface area contributed by atoms with Gasteiger partial charge in [-0.05, 0) is 24.8 Å². The van der Waals surface area contributed by atoms with Gasteiger partial charge in [0.25, 0.3) is 0 Å². The minimum Gasteiger partial charge on any atom is -0.289 e. The summed E-state index contributed by atoms with van der Waals surface area (Å²) in [6, 6.07) is 10.4. The Labute approximate surface area is 109 Å². The van der Waals surface area contributed by atoms with E-state index in [2.05, 4.69) is 30.7 Å². The van der Waals surface area contributed by atoms with Crippen LogP contribution in [0.15, 0.2) is 30.3 Å². The molecule has 2 N–H and O–H groups in total. The zero-order valence-electron chi connectivity index (χ0n) is 10.8. The first kappa shape index (κ1) is 14.7. The van der Waals surface area contributed by atoms with E-state index in [1.54, 1.807) is 5.48 Å². The van der Waals surface area contributed by atoms with E-state index in [1.807, 2.05) is 6.07 Å². The fourth-order valence-electron chi connectivity index (χ4n) is 1.87. The SMILES string of the molecule is O=C(CCCCCCC[CH]c1ccccc1)NO. The Balaban J connectivity index is 1.89. The van der Waals surface area contributed by atoms with Gasteiger partial charge in [-0.1, -0.05) is 56.0 Å². The molecule has 99 valence electrons. The lowest BCUT2D eigenvalue weighted by molar-refractivity contribution is -0.129. The number of rotatable bonds is 9. The third kappa shape index (κ3) is 7.07. The molecule has 1 aromatic rings. The molecular weight excluding hydrogens is 226 g/mol. The number of hydrogen-bond acceptors (Lipinski definition) is 2. The molecule has 0 aromatic heterocycles. The van der Waals surface area contributed by atoms with Gasteiger partial charge < -0.3 is 0 Å². The largest absolute Gasteiger partial charge is 0.289 e. The van der Waals surface area contributed by atoms with Crippen LogP contribution in [-0.4, -0.2) is 11.1 Å². The number of benzene rings is 1. The molecule has 0 aliphatic rings. The van der Waals surface area contributed by atoms with Gasteiger partial charge in [-0.3, -0.25) is 10.0 Å². The molecular formula is C15H22NO2.